The van der Waals surface area contributed by atoms with Gasteiger partial charge in [-0.3, -0.25) is 4.79 Å². The maximum Gasteiger partial charge on any atom is 0.228 e. The summed E-state index contributed by atoms with van der Waals surface area (Å²) in [5.74, 6) is -0.0247. The predicted molar refractivity (Wildman–Crippen MR) is 104 cm³/mol. The number of sulfonamides is 1. The summed E-state index contributed by atoms with van der Waals surface area (Å²) in [6.45, 7) is 1.26. The monoisotopic (exact) mass is 372 g/mol. The van der Waals surface area contributed by atoms with Gasteiger partial charge in [-0.05, 0) is 30.0 Å². The van der Waals surface area contributed by atoms with Gasteiger partial charge in [-0.25, -0.2) is 12.7 Å². The van der Waals surface area contributed by atoms with Crippen LogP contribution < -0.4 is 4.90 Å². The van der Waals surface area contributed by atoms with E-state index in [0.717, 1.165) is 17.7 Å². The minimum Gasteiger partial charge on any atom is -0.312 e. The van der Waals surface area contributed by atoms with Gasteiger partial charge in [-0.1, -0.05) is 48.5 Å². The number of hydrogen-bond donors (Lipinski definition) is 0. The highest BCUT2D eigenvalue weighted by molar-refractivity contribution is 7.88. The van der Waals surface area contributed by atoms with E-state index in [9.17, 15) is 13.2 Å². The molecule has 0 spiro atoms. The summed E-state index contributed by atoms with van der Waals surface area (Å²) in [6, 6.07) is 17.6. The zero-order valence-corrected chi connectivity index (χ0v) is 15.8. The molecule has 0 unspecified atom stereocenters. The van der Waals surface area contributed by atoms with Gasteiger partial charge >= 0.3 is 0 Å². The second-order valence-corrected chi connectivity index (χ2v) is 8.55. The number of para-hydroxylation sites is 1. The number of rotatable bonds is 7. The molecular formula is C20H24N2O3S. The van der Waals surface area contributed by atoms with E-state index in [1.165, 1.54) is 16.1 Å². The number of amides is 1. The molecule has 0 fully saturated rings. The fraction of sp³-hybridized carbons (Fsp3) is 0.350. The minimum absolute atomic E-state index is 0.0247. The Bertz CT molecular complexity index is 866. The number of hydrogen-bond acceptors (Lipinski definition) is 3. The van der Waals surface area contributed by atoms with Crippen LogP contribution in [-0.4, -0.2) is 44.5 Å². The van der Waals surface area contributed by atoms with Gasteiger partial charge < -0.3 is 4.90 Å². The van der Waals surface area contributed by atoms with Gasteiger partial charge in [0.1, 0.15) is 0 Å². The Hall–Kier alpha value is -2.18. The summed E-state index contributed by atoms with van der Waals surface area (Å²) in [6.07, 6.45) is 2.88. The standard InChI is InChI=1S/C20H24N2O3S/c1-26(24,25)21(14-11-17-7-3-2-4-8-17)15-13-20(23)22-16-12-18-9-5-6-10-19(18)22/h2-10H,11-16H2,1H3. The van der Waals surface area contributed by atoms with Crippen molar-refractivity contribution in [2.24, 2.45) is 0 Å². The molecule has 1 amide bonds. The van der Waals surface area contributed by atoms with E-state index in [4.69, 9.17) is 0 Å². The molecule has 0 saturated heterocycles. The van der Waals surface area contributed by atoms with Gasteiger partial charge in [0.15, 0.2) is 0 Å². The Morgan fingerprint density at radius 1 is 1.04 bits per heavy atom. The fourth-order valence-corrected chi connectivity index (χ4v) is 4.14. The van der Waals surface area contributed by atoms with E-state index in [1.807, 2.05) is 54.6 Å². The van der Waals surface area contributed by atoms with Crippen LogP contribution in [0, 0.1) is 0 Å². The van der Waals surface area contributed by atoms with Crippen LogP contribution >= 0.6 is 0 Å². The molecule has 0 saturated carbocycles. The van der Waals surface area contributed by atoms with Crippen LogP contribution in [0.25, 0.3) is 0 Å². The average molecular weight is 372 g/mol. The molecule has 3 rings (SSSR count). The largest absolute Gasteiger partial charge is 0.312 e. The zero-order valence-electron chi connectivity index (χ0n) is 15.0. The number of anilines is 1. The van der Waals surface area contributed by atoms with Crippen LogP contribution in [0.15, 0.2) is 54.6 Å². The first-order valence-electron chi connectivity index (χ1n) is 8.82. The van der Waals surface area contributed by atoms with E-state index >= 15 is 0 Å². The van der Waals surface area contributed by atoms with Crippen molar-refractivity contribution in [2.75, 3.05) is 30.8 Å². The van der Waals surface area contributed by atoms with E-state index < -0.39 is 10.0 Å². The van der Waals surface area contributed by atoms with Crippen molar-refractivity contribution in [2.45, 2.75) is 19.3 Å². The fourth-order valence-electron chi connectivity index (χ4n) is 3.29. The highest BCUT2D eigenvalue weighted by Crippen LogP contribution is 2.27. The van der Waals surface area contributed by atoms with Crippen LogP contribution in [0.5, 0.6) is 0 Å². The number of benzene rings is 2. The van der Waals surface area contributed by atoms with E-state index in [2.05, 4.69) is 0 Å². The summed E-state index contributed by atoms with van der Waals surface area (Å²) in [7, 11) is -3.35. The summed E-state index contributed by atoms with van der Waals surface area (Å²) in [4.78, 5) is 14.4. The topological polar surface area (TPSA) is 57.7 Å². The first-order chi connectivity index (χ1) is 12.4. The number of nitrogens with zero attached hydrogens (tertiary/aromatic N) is 2. The molecule has 0 atom stereocenters. The lowest BCUT2D eigenvalue weighted by atomic mass is 10.1. The molecule has 0 aliphatic carbocycles. The van der Waals surface area contributed by atoms with Gasteiger partial charge in [-0.2, -0.15) is 0 Å². The average Bonchev–Trinajstić information content (AvgIpc) is 3.05. The molecule has 1 heterocycles. The van der Waals surface area contributed by atoms with Crippen molar-refractivity contribution in [1.82, 2.24) is 4.31 Å². The molecule has 26 heavy (non-hydrogen) atoms. The third kappa shape index (κ3) is 4.51. The first kappa shape index (κ1) is 18.6. The van der Waals surface area contributed by atoms with Crippen LogP contribution in [0.1, 0.15) is 17.5 Å². The summed E-state index contributed by atoms with van der Waals surface area (Å²) in [5.41, 5.74) is 3.21. The molecule has 6 heteroatoms. The Balaban J connectivity index is 1.60. The van der Waals surface area contributed by atoms with Crippen LogP contribution in [0.2, 0.25) is 0 Å². The number of carbonyl (C=O) groups excluding carboxylic acids is 1. The second-order valence-electron chi connectivity index (χ2n) is 6.57. The highest BCUT2D eigenvalue weighted by Gasteiger charge is 2.25. The lowest BCUT2D eigenvalue weighted by Crippen LogP contribution is -2.37. The Kier molecular flexibility index (Phi) is 5.74. The number of carbonyl (C=O) groups is 1. The summed E-state index contributed by atoms with van der Waals surface area (Å²) in [5, 5.41) is 0. The third-order valence-corrected chi connectivity index (χ3v) is 6.03. The molecule has 138 valence electrons. The van der Waals surface area contributed by atoms with Crippen molar-refractivity contribution in [3.63, 3.8) is 0 Å². The Labute approximate surface area is 155 Å². The van der Waals surface area contributed by atoms with Crippen molar-refractivity contribution in [3.8, 4) is 0 Å². The molecule has 0 bridgehead atoms. The van der Waals surface area contributed by atoms with Gasteiger partial charge in [0.05, 0.1) is 6.26 Å². The zero-order chi connectivity index (χ0) is 18.6. The van der Waals surface area contributed by atoms with Crippen LogP contribution in [0.4, 0.5) is 5.69 Å². The molecule has 2 aromatic carbocycles. The van der Waals surface area contributed by atoms with Gasteiger partial charge in [0.2, 0.25) is 15.9 Å². The lowest BCUT2D eigenvalue weighted by Gasteiger charge is -2.22. The quantitative estimate of drug-likeness (QED) is 0.750. The second kappa shape index (κ2) is 8.01. The number of fused-ring (bicyclic) bond motifs is 1. The lowest BCUT2D eigenvalue weighted by molar-refractivity contribution is -0.118. The molecular weight excluding hydrogens is 348 g/mol. The maximum atomic E-state index is 12.6. The van der Waals surface area contributed by atoms with E-state index in [0.29, 0.717) is 19.5 Å². The van der Waals surface area contributed by atoms with Crippen molar-refractivity contribution in [3.05, 3.63) is 65.7 Å². The van der Waals surface area contributed by atoms with Gasteiger partial charge in [-0.15, -0.1) is 0 Å². The molecule has 2 aromatic rings. The molecule has 0 N–H and O–H groups in total. The Morgan fingerprint density at radius 2 is 1.73 bits per heavy atom. The van der Waals surface area contributed by atoms with Crippen LogP contribution in [-0.2, 0) is 27.7 Å². The van der Waals surface area contributed by atoms with Gasteiger partial charge in [0, 0.05) is 31.7 Å². The molecule has 5 nitrogen and oxygen atoms in total. The SMILES string of the molecule is CS(=O)(=O)N(CCC(=O)N1CCc2ccccc21)CCc1ccccc1. The molecule has 1 aliphatic rings. The van der Waals surface area contributed by atoms with E-state index in [-0.39, 0.29) is 18.9 Å². The predicted octanol–water partition coefficient (Wildman–Crippen LogP) is 2.47. The highest BCUT2D eigenvalue weighted by atomic mass is 32.2. The molecule has 0 aromatic heterocycles. The normalized spacial score (nSPS) is 13.8. The van der Waals surface area contributed by atoms with Crippen molar-refractivity contribution in [1.29, 1.82) is 0 Å². The molecule has 1 aliphatic heterocycles. The van der Waals surface area contributed by atoms with Crippen LogP contribution in [0.3, 0.4) is 0 Å². The van der Waals surface area contributed by atoms with Crippen molar-refractivity contribution >= 4 is 21.6 Å². The first-order valence-corrected chi connectivity index (χ1v) is 10.7. The van der Waals surface area contributed by atoms with Crippen molar-refractivity contribution < 1.29 is 13.2 Å². The van der Waals surface area contributed by atoms with E-state index in [1.54, 1.807) is 4.90 Å². The Morgan fingerprint density at radius 3 is 2.46 bits per heavy atom. The smallest absolute Gasteiger partial charge is 0.228 e. The summed E-state index contributed by atoms with van der Waals surface area (Å²) < 4.78 is 25.6. The summed E-state index contributed by atoms with van der Waals surface area (Å²) >= 11 is 0. The molecule has 0 radical (unpaired) electrons. The third-order valence-electron chi connectivity index (χ3n) is 4.73. The minimum atomic E-state index is -3.35. The van der Waals surface area contributed by atoms with Gasteiger partial charge in [0.25, 0.3) is 0 Å². The maximum absolute atomic E-state index is 12.6.